The Balaban J connectivity index is 1.45. The summed E-state index contributed by atoms with van der Waals surface area (Å²) in [4.78, 5) is 13.0. The van der Waals surface area contributed by atoms with Gasteiger partial charge in [-0.05, 0) is 79.9 Å². The summed E-state index contributed by atoms with van der Waals surface area (Å²) in [6.45, 7) is 2.76. The van der Waals surface area contributed by atoms with Crippen LogP contribution in [0.25, 0.3) is 0 Å². The molecule has 2 N–H and O–H groups in total. The van der Waals surface area contributed by atoms with Gasteiger partial charge < -0.3 is 5.32 Å². The number of anilines is 2. The van der Waals surface area contributed by atoms with Gasteiger partial charge in [-0.15, -0.1) is 0 Å². The minimum atomic E-state index is -3.74. The number of nitrogens with zero attached hydrogens (tertiary/aromatic N) is 1. The van der Waals surface area contributed by atoms with E-state index in [2.05, 4.69) is 10.0 Å². The highest BCUT2D eigenvalue weighted by Crippen LogP contribution is 2.24. The van der Waals surface area contributed by atoms with E-state index in [-0.39, 0.29) is 9.79 Å². The van der Waals surface area contributed by atoms with Crippen LogP contribution in [0.5, 0.6) is 0 Å². The average Bonchev–Trinajstić information content (AvgIpc) is 3.37. The molecule has 1 saturated heterocycles. The Hall–Kier alpha value is -3.21. The maximum atomic E-state index is 12.7. The van der Waals surface area contributed by atoms with Gasteiger partial charge in [0, 0.05) is 24.3 Å². The lowest BCUT2D eigenvalue weighted by atomic mass is 10.1. The van der Waals surface area contributed by atoms with E-state index in [1.807, 2.05) is 0 Å². The molecule has 4 rings (SSSR count). The second-order valence-corrected chi connectivity index (χ2v) is 11.7. The van der Waals surface area contributed by atoms with Crippen molar-refractivity contribution in [2.24, 2.45) is 0 Å². The van der Waals surface area contributed by atoms with Gasteiger partial charge in [0.25, 0.3) is 15.9 Å². The molecule has 1 fully saturated rings. The van der Waals surface area contributed by atoms with Crippen molar-refractivity contribution in [3.8, 4) is 0 Å². The lowest BCUT2D eigenvalue weighted by Crippen LogP contribution is -2.27. The van der Waals surface area contributed by atoms with Crippen molar-refractivity contribution in [1.82, 2.24) is 4.31 Å². The fourth-order valence-corrected chi connectivity index (χ4v) is 6.38. The number of amides is 1. The van der Waals surface area contributed by atoms with Crippen molar-refractivity contribution in [1.29, 1.82) is 0 Å². The molecule has 1 amide bonds. The van der Waals surface area contributed by atoms with Crippen LogP contribution in [0, 0.1) is 6.92 Å². The Kier molecular flexibility index (Phi) is 6.74. The van der Waals surface area contributed by atoms with Crippen LogP contribution >= 0.6 is 0 Å². The van der Waals surface area contributed by atoms with E-state index in [9.17, 15) is 21.6 Å². The summed E-state index contributed by atoms with van der Waals surface area (Å²) in [5.41, 5.74) is 1.75. The zero-order valence-corrected chi connectivity index (χ0v) is 20.2. The molecule has 0 bridgehead atoms. The number of sulfonamides is 2. The molecule has 0 aliphatic carbocycles. The zero-order chi connectivity index (χ0) is 24.3. The molecule has 178 valence electrons. The molecule has 0 unspecified atom stereocenters. The maximum Gasteiger partial charge on any atom is 0.261 e. The van der Waals surface area contributed by atoms with E-state index in [1.165, 1.54) is 40.7 Å². The maximum absolute atomic E-state index is 12.7. The van der Waals surface area contributed by atoms with E-state index in [1.54, 1.807) is 43.3 Å². The summed E-state index contributed by atoms with van der Waals surface area (Å²) >= 11 is 0. The molecule has 3 aromatic carbocycles. The van der Waals surface area contributed by atoms with Crippen LogP contribution in [0.2, 0.25) is 0 Å². The number of hydrogen-bond donors (Lipinski definition) is 2. The minimum Gasteiger partial charge on any atom is -0.322 e. The van der Waals surface area contributed by atoms with E-state index in [0.29, 0.717) is 35.6 Å². The second kappa shape index (κ2) is 9.57. The molecular formula is C24H25N3O5S2. The Labute approximate surface area is 199 Å². The number of rotatable bonds is 7. The predicted octanol–water partition coefficient (Wildman–Crippen LogP) is 3.83. The molecule has 0 aromatic heterocycles. The van der Waals surface area contributed by atoms with Crippen molar-refractivity contribution in [2.75, 3.05) is 23.1 Å². The Morgan fingerprint density at radius 1 is 0.824 bits per heavy atom. The summed E-state index contributed by atoms with van der Waals surface area (Å²) in [7, 11) is -7.26. The molecule has 1 aliphatic heterocycles. The van der Waals surface area contributed by atoms with Gasteiger partial charge in [-0.2, -0.15) is 4.31 Å². The molecule has 0 saturated carbocycles. The van der Waals surface area contributed by atoms with Crippen molar-refractivity contribution < 1.29 is 21.6 Å². The molecule has 0 radical (unpaired) electrons. The van der Waals surface area contributed by atoms with Crippen LogP contribution in [0.3, 0.4) is 0 Å². The van der Waals surface area contributed by atoms with Crippen LogP contribution in [0.15, 0.2) is 82.6 Å². The quantitative estimate of drug-likeness (QED) is 0.513. The van der Waals surface area contributed by atoms with Gasteiger partial charge in [0.15, 0.2) is 0 Å². The second-order valence-electron chi connectivity index (χ2n) is 8.04. The lowest BCUT2D eigenvalue weighted by molar-refractivity contribution is 0.102. The minimum absolute atomic E-state index is 0.145. The van der Waals surface area contributed by atoms with Gasteiger partial charge in [-0.3, -0.25) is 9.52 Å². The monoisotopic (exact) mass is 499 g/mol. The van der Waals surface area contributed by atoms with Crippen molar-refractivity contribution >= 4 is 37.3 Å². The first kappa shape index (κ1) is 23.9. The van der Waals surface area contributed by atoms with Gasteiger partial charge in [0.1, 0.15) is 0 Å². The Bertz CT molecular complexity index is 1400. The SMILES string of the molecule is Cc1cc(C(=O)Nc2ccc(S(=O)(=O)N3CCCC3)cc2)ccc1NS(=O)(=O)c1ccccc1. The number of carbonyl (C=O) groups excluding carboxylic acids is 1. The number of hydrogen-bond acceptors (Lipinski definition) is 5. The third-order valence-electron chi connectivity index (χ3n) is 5.60. The third kappa shape index (κ3) is 5.14. The highest BCUT2D eigenvalue weighted by molar-refractivity contribution is 7.92. The molecule has 0 atom stereocenters. The van der Waals surface area contributed by atoms with E-state index < -0.39 is 26.0 Å². The van der Waals surface area contributed by atoms with Gasteiger partial charge in [0.05, 0.1) is 15.5 Å². The Morgan fingerprint density at radius 2 is 1.47 bits per heavy atom. The van der Waals surface area contributed by atoms with Crippen LogP contribution in [-0.4, -0.2) is 40.1 Å². The van der Waals surface area contributed by atoms with Gasteiger partial charge in [-0.25, -0.2) is 16.8 Å². The standard InChI is InChI=1S/C24H25N3O5S2/c1-18-17-19(9-14-23(18)26-33(29,30)21-7-3-2-4-8-21)24(28)25-20-10-12-22(13-11-20)34(31,32)27-15-5-6-16-27/h2-4,7-14,17,26H,5-6,15-16H2,1H3,(H,25,28). The highest BCUT2D eigenvalue weighted by Gasteiger charge is 2.27. The number of carbonyl (C=O) groups is 1. The molecule has 1 aliphatic rings. The Morgan fingerprint density at radius 3 is 2.09 bits per heavy atom. The van der Waals surface area contributed by atoms with Gasteiger partial charge in [0.2, 0.25) is 10.0 Å². The topological polar surface area (TPSA) is 113 Å². The number of aryl methyl sites for hydroxylation is 1. The van der Waals surface area contributed by atoms with Crippen molar-refractivity contribution in [3.63, 3.8) is 0 Å². The fourth-order valence-electron chi connectivity index (χ4n) is 3.71. The summed E-state index contributed by atoms with van der Waals surface area (Å²) in [5, 5.41) is 2.74. The molecule has 8 nitrogen and oxygen atoms in total. The highest BCUT2D eigenvalue weighted by atomic mass is 32.2. The first-order valence-corrected chi connectivity index (χ1v) is 13.7. The number of benzene rings is 3. The van der Waals surface area contributed by atoms with E-state index >= 15 is 0 Å². The van der Waals surface area contributed by atoms with E-state index in [4.69, 9.17) is 0 Å². The van der Waals surface area contributed by atoms with Crippen LogP contribution < -0.4 is 10.0 Å². The van der Waals surface area contributed by atoms with Crippen LogP contribution in [-0.2, 0) is 20.0 Å². The van der Waals surface area contributed by atoms with Gasteiger partial charge >= 0.3 is 0 Å². The summed E-state index contributed by atoms with van der Waals surface area (Å²) in [6, 6.07) is 18.7. The average molecular weight is 500 g/mol. The predicted molar refractivity (Wildman–Crippen MR) is 131 cm³/mol. The van der Waals surface area contributed by atoms with Crippen molar-refractivity contribution in [3.05, 3.63) is 83.9 Å². The summed E-state index contributed by atoms with van der Waals surface area (Å²) < 4.78 is 54.4. The summed E-state index contributed by atoms with van der Waals surface area (Å²) in [6.07, 6.45) is 1.72. The summed E-state index contributed by atoms with van der Waals surface area (Å²) in [5.74, 6) is -0.393. The normalized spacial score (nSPS) is 14.6. The van der Waals surface area contributed by atoms with Crippen LogP contribution in [0.4, 0.5) is 11.4 Å². The molecule has 1 heterocycles. The smallest absolute Gasteiger partial charge is 0.261 e. The van der Waals surface area contributed by atoms with E-state index in [0.717, 1.165) is 12.8 Å². The van der Waals surface area contributed by atoms with Gasteiger partial charge in [-0.1, -0.05) is 18.2 Å². The molecule has 3 aromatic rings. The number of nitrogens with one attached hydrogen (secondary N) is 2. The first-order valence-electron chi connectivity index (χ1n) is 10.8. The zero-order valence-electron chi connectivity index (χ0n) is 18.6. The molecule has 34 heavy (non-hydrogen) atoms. The molecule has 0 spiro atoms. The lowest BCUT2D eigenvalue weighted by Gasteiger charge is -2.16. The molecular weight excluding hydrogens is 474 g/mol. The fraction of sp³-hybridized carbons (Fsp3) is 0.208. The van der Waals surface area contributed by atoms with Crippen molar-refractivity contribution in [2.45, 2.75) is 29.6 Å². The largest absolute Gasteiger partial charge is 0.322 e. The molecule has 10 heteroatoms. The van der Waals surface area contributed by atoms with Crippen LogP contribution in [0.1, 0.15) is 28.8 Å². The third-order valence-corrected chi connectivity index (χ3v) is 8.90. The first-order chi connectivity index (χ1) is 16.2.